The van der Waals surface area contributed by atoms with Gasteiger partial charge in [-0.25, -0.2) is 19.0 Å². The van der Waals surface area contributed by atoms with Crippen molar-refractivity contribution in [2.24, 2.45) is 15.8 Å². The first-order valence-electron chi connectivity index (χ1n) is 11.9. The molecule has 6 atom stereocenters. The number of carbonyl (C=O) groups excluding carboxylic acids is 1. The normalized spacial score (nSPS) is 28.6. The molecule has 1 fully saturated rings. The summed E-state index contributed by atoms with van der Waals surface area (Å²) in [6.07, 6.45) is -1.39. The van der Waals surface area contributed by atoms with Crippen LogP contribution >= 0.6 is 7.75 Å². The van der Waals surface area contributed by atoms with E-state index >= 15 is 4.39 Å². The number of hydrazone groups is 1. The van der Waals surface area contributed by atoms with Crippen LogP contribution in [0.3, 0.4) is 0 Å². The van der Waals surface area contributed by atoms with E-state index in [1.807, 2.05) is 0 Å². The van der Waals surface area contributed by atoms with Gasteiger partial charge < -0.3 is 24.8 Å². The molecule has 0 bridgehead atoms. The molecule has 0 aliphatic carbocycles. The Morgan fingerprint density at radius 1 is 1.39 bits per heavy atom. The van der Waals surface area contributed by atoms with E-state index in [1.54, 1.807) is 32.0 Å². The van der Waals surface area contributed by atoms with Gasteiger partial charge in [0.1, 0.15) is 36.0 Å². The van der Waals surface area contributed by atoms with Crippen molar-refractivity contribution in [3.05, 3.63) is 54.8 Å². The monoisotopic (exact) mass is 553 g/mol. The summed E-state index contributed by atoms with van der Waals surface area (Å²) in [5.41, 5.74) is 4.30. The van der Waals surface area contributed by atoms with Gasteiger partial charge in [0.15, 0.2) is 17.7 Å². The van der Waals surface area contributed by atoms with Crippen LogP contribution in [-0.4, -0.2) is 71.1 Å². The molecule has 0 radical (unpaired) electrons. The lowest BCUT2D eigenvalue weighted by atomic mass is 10.0. The molecular formula is C24H33FN5O7P. The van der Waals surface area contributed by atoms with Crippen LogP contribution in [-0.2, 0) is 23.4 Å². The number of nitrogens with two attached hydrogens (primary N) is 1. The van der Waals surface area contributed by atoms with Crippen LogP contribution in [0.2, 0.25) is 0 Å². The van der Waals surface area contributed by atoms with E-state index in [1.165, 1.54) is 38.1 Å². The summed E-state index contributed by atoms with van der Waals surface area (Å²) in [5, 5.41) is 18.4. The van der Waals surface area contributed by atoms with E-state index in [-0.39, 0.29) is 17.3 Å². The molecule has 4 N–H and O–H groups in total. The molecule has 2 heterocycles. The van der Waals surface area contributed by atoms with Crippen molar-refractivity contribution in [3.8, 4) is 5.75 Å². The second-order valence-corrected chi connectivity index (χ2v) is 10.7. The molecule has 1 saturated heterocycles. The molecule has 14 heteroatoms. The number of amidine groups is 1. The Kier molecular flexibility index (Phi) is 9.45. The third-order valence-corrected chi connectivity index (χ3v) is 7.21. The maximum absolute atomic E-state index is 15.5. The lowest BCUT2D eigenvalue weighted by Gasteiger charge is -2.38. The Bertz CT molecular complexity index is 1150. The Morgan fingerprint density at radius 2 is 2.08 bits per heavy atom. The van der Waals surface area contributed by atoms with Crippen LogP contribution < -0.4 is 15.3 Å². The smallest absolute Gasteiger partial charge is 0.459 e. The lowest BCUT2D eigenvalue weighted by Crippen LogP contribution is -2.52. The Morgan fingerprint density at radius 3 is 2.71 bits per heavy atom. The Hall–Kier alpha value is -3.09. The number of ether oxygens (including phenoxy) is 2. The number of halogens is 1. The standard InChI is InChI=1S/C24H33FN5O7P/c1-6-10-18-22(26)27-14-28-30(18)24(5)21(25)20(31)19(36-24)13-34-38(33,37-17-11-8-7-9-12-17)29-16(4)23(32)35-15(2)3/h6-12,14-16,19-21,31H,1,13H2,2-5H3,(H,29,33)(H2,26,27,28)/b18-10-/t16-,19-,20-,21-,24-,38?/m1/s1. The van der Waals surface area contributed by atoms with Crippen LogP contribution in [0.15, 0.2) is 64.9 Å². The number of nitrogens with one attached hydrogen (secondary N) is 1. The van der Waals surface area contributed by atoms with Gasteiger partial charge in [-0.1, -0.05) is 30.9 Å². The maximum atomic E-state index is 15.5. The SMILES string of the molecule is C=C/C=C1/C(N)=NC=NN1[C@]1(C)O[C@H](COP(=O)(N[C@H](C)C(=O)OC(C)C)Oc2ccccc2)[C@@H](O)[C@H]1F. The molecular weight excluding hydrogens is 520 g/mol. The number of hydrogen-bond donors (Lipinski definition) is 3. The van der Waals surface area contributed by atoms with Gasteiger partial charge in [0.2, 0.25) is 0 Å². The number of rotatable bonds is 11. The van der Waals surface area contributed by atoms with Crippen molar-refractivity contribution in [2.45, 2.75) is 63.9 Å². The number of nitrogens with zero attached hydrogens (tertiary/aromatic N) is 3. The fourth-order valence-corrected chi connectivity index (χ4v) is 5.25. The summed E-state index contributed by atoms with van der Waals surface area (Å²) < 4.78 is 51.3. The minimum atomic E-state index is -4.27. The average Bonchev–Trinajstić information content (AvgIpc) is 3.08. The first-order chi connectivity index (χ1) is 17.9. The van der Waals surface area contributed by atoms with Crippen molar-refractivity contribution < 1.29 is 37.4 Å². The molecule has 208 valence electrons. The van der Waals surface area contributed by atoms with Gasteiger partial charge in [0.05, 0.1) is 12.7 Å². The number of carbonyl (C=O) groups is 1. The molecule has 0 saturated carbocycles. The van der Waals surface area contributed by atoms with Gasteiger partial charge in [-0.2, -0.15) is 10.2 Å². The van der Waals surface area contributed by atoms with Gasteiger partial charge in [0, 0.05) is 0 Å². The molecule has 38 heavy (non-hydrogen) atoms. The number of para-hydroxylation sites is 1. The van der Waals surface area contributed by atoms with Crippen molar-refractivity contribution in [1.82, 2.24) is 10.1 Å². The Balaban J connectivity index is 1.80. The number of alkyl halides is 1. The van der Waals surface area contributed by atoms with Crippen LogP contribution in [0.25, 0.3) is 0 Å². The molecule has 1 aromatic rings. The predicted octanol–water partition coefficient (Wildman–Crippen LogP) is 2.62. The highest BCUT2D eigenvalue weighted by Crippen LogP contribution is 2.47. The van der Waals surface area contributed by atoms with Crippen molar-refractivity contribution in [1.29, 1.82) is 0 Å². The predicted molar refractivity (Wildman–Crippen MR) is 139 cm³/mol. The van der Waals surface area contributed by atoms with Gasteiger partial charge in [-0.15, -0.1) is 0 Å². The molecule has 1 unspecified atom stereocenters. The van der Waals surface area contributed by atoms with Gasteiger partial charge in [-0.05, 0) is 45.9 Å². The van der Waals surface area contributed by atoms with E-state index in [0.29, 0.717) is 0 Å². The quantitative estimate of drug-likeness (QED) is 0.275. The highest BCUT2D eigenvalue weighted by atomic mass is 31.2. The summed E-state index contributed by atoms with van der Waals surface area (Å²) in [7, 11) is -4.27. The zero-order valence-corrected chi connectivity index (χ0v) is 22.5. The maximum Gasteiger partial charge on any atom is 0.459 e. The third-order valence-electron chi connectivity index (χ3n) is 5.57. The molecule has 0 amide bonds. The molecule has 0 spiro atoms. The van der Waals surface area contributed by atoms with E-state index in [0.717, 1.165) is 11.3 Å². The molecule has 0 aromatic heterocycles. The average molecular weight is 554 g/mol. The minimum Gasteiger partial charge on any atom is -0.462 e. The van der Waals surface area contributed by atoms with E-state index in [4.69, 9.17) is 24.3 Å². The summed E-state index contributed by atoms with van der Waals surface area (Å²) in [5.74, 6) is -0.457. The van der Waals surface area contributed by atoms with Crippen LogP contribution in [0.1, 0.15) is 27.7 Å². The number of benzene rings is 1. The van der Waals surface area contributed by atoms with E-state index < -0.39 is 56.6 Å². The first-order valence-corrected chi connectivity index (χ1v) is 13.4. The number of hydrogen-bond acceptors (Lipinski definition) is 11. The van der Waals surface area contributed by atoms with Gasteiger partial charge >= 0.3 is 13.7 Å². The minimum absolute atomic E-state index is 0.0401. The summed E-state index contributed by atoms with van der Waals surface area (Å²) >= 11 is 0. The van der Waals surface area contributed by atoms with Gasteiger partial charge in [0.25, 0.3) is 0 Å². The highest BCUT2D eigenvalue weighted by molar-refractivity contribution is 7.52. The van der Waals surface area contributed by atoms with E-state index in [9.17, 15) is 14.5 Å². The number of aliphatic imine (C=N–C) groups is 1. The van der Waals surface area contributed by atoms with Crippen LogP contribution in [0, 0.1) is 0 Å². The lowest BCUT2D eigenvalue weighted by molar-refractivity contribution is -0.149. The summed E-state index contributed by atoms with van der Waals surface area (Å²) in [6.45, 7) is 9.19. The van der Waals surface area contributed by atoms with Crippen molar-refractivity contribution >= 4 is 25.9 Å². The Labute approximate surface area is 220 Å². The fourth-order valence-electron chi connectivity index (χ4n) is 3.75. The first kappa shape index (κ1) is 29.5. The zero-order chi connectivity index (χ0) is 28.1. The largest absolute Gasteiger partial charge is 0.462 e. The molecule has 2 aliphatic heterocycles. The number of aliphatic hydroxyl groups is 1. The van der Waals surface area contributed by atoms with E-state index in [2.05, 4.69) is 21.8 Å². The molecule has 12 nitrogen and oxygen atoms in total. The fraction of sp³-hybridized carbons (Fsp3) is 0.458. The topological polar surface area (TPSA) is 157 Å². The molecule has 3 rings (SSSR count). The molecule has 1 aromatic carbocycles. The number of aliphatic hydroxyl groups excluding tert-OH is 1. The zero-order valence-electron chi connectivity index (χ0n) is 21.6. The van der Waals surface area contributed by atoms with Crippen molar-refractivity contribution in [3.63, 3.8) is 0 Å². The van der Waals surface area contributed by atoms with Crippen molar-refractivity contribution in [2.75, 3.05) is 6.61 Å². The highest BCUT2D eigenvalue weighted by Gasteiger charge is 2.58. The summed E-state index contributed by atoms with van der Waals surface area (Å²) in [6, 6.07) is 7.03. The second kappa shape index (κ2) is 12.2. The van der Waals surface area contributed by atoms with Crippen LogP contribution in [0.5, 0.6) is 5.75 Å². The van der Waals surface area contributed by atoms with Gasteiger partial charge in [-0.3, -0.25) is 9.32 Å². The summed E-state index contributed by atoms with van der Waals surface area (Å²) in [4.78, 5) is 16.2. The molecule has 2 aliphatic rings. The number of esters is 1. The third kappa shape index (κ3) is 6.66. The number of allylic oxidation sites excluding steroid dienone is 2. The second-order valence-electron chi connectivity index (χ2n) is 8.98. The van der Waals surface area contributed by atoms with Crippen LogP contribution in [0.4, 0.5) is 4.39 Å².